The van der Waals surface area contributed by atoms with Gasteiger partial charge in [0.1, 0.15) is 41.3 Å². The number of carbonyl (C=O) groups excluding carboxylic acids is 3. The predicted molar refractivity (Wildman–Crippen MR) is 128 cm³/mol. The standard InChI is InChI=1S/C27H26O11/c1-11-14(29)6-7-18(37-11)38-16-9-27(35,17(30)10-28)8-13-20(16)26(34)22-21(24(13)32)23(31)12-4-3-5-15(36-2)19(12)25(22)33/h3-6,11,16,18,28-29,32,34-35H,7-10H2,1-2H3/t11?,16-,18-,27-/m0/s1. The molecule has 200 valence electrons. The molecule has 11 nitrogen and oxygen atoms in total. The second kappa shape index (κ2) is 9.21. The minimum atomic E-state index is -2.22. The third kappa shape index (κ3) is 3.78. The van der Waals surface area contributed by atoms with Gasteiger partial charge in [-0.3, -0.25) is 14.4 Å². The minimum Gasteiger partial charge on any atom is -0.510 e. The monoisotopic (exact) mass is 526 g/mol. The van der Waals surface area contributed by atoms with Crippen LogP contribution in [0.2, 0.25) is 0 Å². The number of phenolic OH excluding ortho intramolecular Hbond substituents is 2. The number of ether oxygens (including phenoxy) is 3. The van der Waals surface area contributed by atoms with Gasteiger partial charge in [-0.05, 0) is 19.1 Å². The van der Waals surface area contributed by atoms with E-state index in [0.717, 1.165) is 0 Å². The number of phenols is 2. The molecule has 0 radical (unpaired) electrons. The van der Waals surface area contributed by atoms with Crippen molar-refractivity contribution in [1.82, 2.24) is 0 Å². The van der Waals surface area contributed by atoms with Crippen molar-refractivity contribution in [3.63, 3.8) is 0 Å². The maximum Gasteiger partial charge on any atom is 0.202 e. The number of carbonyl (C=O) groups is 3. The molecule has 5 rings (SSSR count). The lowest BCUT2D eigenvalue weighted by Gasteiger charge is -2.40. The van der Waals surface area contributed by atoms with E-state index in [1.54, 1.807) is 6.92 Å². The van der Waals surface area contributed by atoms with E-state index in [1.165, 1.54) is 31.4 Å². The highest BCUT2D eigenvalue weighted by Crippen LogP contribution is 2.52. The topological polar surface area (TPSA) is 180 Å². The van der Waals surface area contributed by atoms with Gasteiger partial charge < -0.3 is 39.7 Å². The van der Waals surface area contributed by atoms with Gasteiger partial charge in [0.2, 0.25) is 5.78 Å². The molecule has 5 N–H and O–H groups in total. The molecule has 2 aliphatic carbocycles. The molecule has 0 saturated carbocycles. The number of benzene rings is 2. The Labute approximate surface area is 216 Å². The van der Waals surface area contributed by atoms with Crippen molar-refractivity contribution in [1.29, 1.82) is 0 Å². The summed E-state index contributed by atoms with van der Waals surface area (Å²) in [5.74, 6) is -3.71. The van der Waals surface area contributed by atoms with Gasteiger partial charge in [-0.15, -0.1) is 0 Å². The molecule has 3 aliphatic rings. The zero-order valence-electron chi connectivity index (χ0n) is 20.6. The molecule has 38 heavy (non-hydrogen) atoms. The van der Waals surface area contributed by atoms with E-state index in [-0.39, 0.29) is 40.2 Å². The number of rotatable bonds is 5. The molecule has 0 aromatic heterocycles. The second-order valence-electron chi connectivity index (χ2n) is 9.57. The maximum atomic E-state index is 13.6. The second-order valence-corrected chi connectivity index (χ2v) is 9.57. The summed E-state index contributed by atoms with van der Waals surface area (Å²) >= 11 is 0. The normalized spacial score (nSPS) is 26.2. The van der Waals surface area contributed by atoms with Gasteiger partial charge in [-0.25, -0.2) is 0 Å². The number of fused-ring (bicyclic) bond motifs is 3. The number of methoxy groups -OCH3 is 1. The summed E-state index contributed by atoms with van der Waals surface area (Å²) in [6, 6.07) is 4.38. The summed E-state index contributed by atoms with van der Waals surface area (Å²) < 4.78 is 16.9. The summed E-state index contributed by atoms with van der Waals surface area (Å²) in [6.45, 7) is 0.574. The maximum absolute atomic E-state index is 13.6. The molecular formula is C27H26O11. The highest BCUT2D eigenvalue weighted by molar-refractivity contribution is 6.31. The number of hydrogen-bond donors (Lipinski definition) is 5. The summed E-state index contributed by atoms with van der Waals surface area (Å²) in [7, 11) is 1.33. The molecule has 0 spiro atoms. The van der Waals surface area contributed by atoms with E-state index in [2.05, 4.69) is 0 Å². The average molecular weight is 526 g/mol. The Morgan fingerprint density at radius 1 is 1.11 bits per heavy atom. The van der Waals surface area contributed by atoms with Crippen LogP contribution in [0.5, 0.6) is 17.2 Å². The quantitative estimate of drug-likeness (QED) is 0.306. The molecule has 4 atom stereocenters. The van der Waals surface area contributed by atoms with Gasteiger partial charge in [0, 0.05) is 36.0 Å². The first-order valence-corrected chi connectivity index (χ1v) is 12.0. The third-order valence-corrected chi connectivity index (χ3v) is 7.35. The Morgan fingerprint density at radius 2 is 1.82 bits per heavy atom. The lowest BCUT2D eigenvalue weighted by atomic mass is 9.72. The van der Waals surface area contributed by atoms with E-state index in [9.17, 15) is 39.9 Å². The zero-order chi connectivity index (χ0) is 27.5. The van der Waals surface area contributed by atoms with Gasteiger partial charge in [-0.1, -0.05) is 12.1 Å². The van der Waals surface area contributed by atoms with Crippen LogP contribution in [-0.4, -0.2) is 74.6 Å². The first-order chi connectivity index (χ1) is 18.0. The van der Waals surface area contributed by atoms with Gasteiger partial charge >= 0.3 is 0 Å². The van der Waals surface area contributed by atoms with Crippen molar-refractivity contribution in [2.45, 2.75) is 50.3 Å². The van der Waals surface area contributed by atoms with Crippen LogP contribution >= 0.6 is 0 Å². The van der Waals surface area contributed by atoms with Crippen LogP contribution in [-0.2, 0) is 20.7 Å². The van der Waals surface area contributed by atoms with Crippen molar-refractivity contribution in [3.05, 3.63) is 63.4 Å². The fourth-order valence-corrected chi connectivity index (χ4v) is 5.40. The van der Waals surface area contributed by atoms with Crippen molar-refractivity contribution >= 4 is 17.3 Å². The van der Waals surface area contributed by atoms with Gasteiger partial charge in [0.15, 0.2) is 17.9 Å². The van der Waals surface area contributed by atoms with Gasteiger partial charge in [0.05, 0.1) is 29.9 Å². The van der Waals surface area contributed by atoms with Crippen LogP contribution in [0.4, 0.5) is 0 Å². The number of ketones is 3. The van der Waals surface area contributed by atoms with E-state index in [0.29, 0.717) is 0 Å². The van der Waals surface area contributed by atoms with E-state index in [4.69, 9.17) is 14.2 Å². The molecule has 1 aliphatic heterocycles. The number of aliphatic hydroxyl groups is 3. The first-order valence-electron chi connectivity index (χ1n) is 12.0. The Kier molecular flexibility index (Phi) is 6.27. The van der Waals surface area contributed by atoms with E-state index < -0.39 is 83.5 Å². The molecule has 0 saturated heterocycles. The van der Waals surface area contributed by atoms with Crippen LogP contribution in [0.25, 0.3) is 0 Å². The fourth-order valence-electron chi connectivity index (χ4n) is 5.40. The Bertz CT molecular complexity index is 1410. The minimum absolute atomic E-state index is 0.00728. The zero-order valence-corrected chi connectivity index (χ0v) is 20.6. The van der Waals surface area contributed by atoms with Crippen LogP contribution in [0.1, 0.15) is 68.8 Å². The van der Waals surface area contributed by atoms with Crippen LogP contribution in [0, 0.1) is 0 Å². The first kappa shape index (κ1) is 25.9. The SMILES string of the molecule is COc1cccc2c1C(=O)c1c(O)c3c(c(O)c1C2=O)C[C@@](O)(C(=O)CO)C[C@@H]3O[C@H]1CC=C(O)C(C)O1. The van der Waals surface area contributed by atoms with Gasteiger partial charge in [-0.2, -0.15) is 0 Å². The summed E-state index contributed by atoms with van der Waals surface area (Å²) in [5.41, 5.74) is -3.52. The smallest absolute Gasteiger partial charge is 0.202 e. The number of aliphatic hydroxyl groups excluding tert-OH is 2. The Balaban J connectivity index is 1.70. The number of aromatic hydroxyl groups is 2. The molecule has 0 fully saturated rings. The highest BCUT2D eigenvalue weighted by Gasteiger charge is 2.49. The number of hydrogen-bond acceptors (Lipinski definition) is 11. The summed E-state index contributed by atoms with van der Waals surface area (Å²) in [6.07, 6.45) is -2.44. The summed E-state index contributed by atoms with van der Waals surface area (Å²) in [4.78, 5) is 39.6. The summed E-state index contributed by atoms with van der Waals surface area (Å²) in [5, 5.41) is 53.3. The predicted octanol–water partition coefficient (Wildman–Crippen LogP) is 1.75. The van der Waals surface area contributed by atoms with Crippen LogP contribution < -0.4 is 4.74 Å². The number of Topliss-reactive ketones (excluding diaryl/α,β-unsaturated/α-hetero) is 1. The molecule has 1 unspecified atom stereocenters. The lowest BCUT2D eigenvalue weighted by molar-refractivity contribution is -0.208. The van der Waals surface area contributed by atoms with Crippen molar-refractivity contribution in [2.75, 3.05) is 13.7 Å². The van der Waals surface area contributed by atoms with Gasteiger partial charge in [0.25, 0.3) is 0 Å². The highest BCUT2D eigenvalue weighted by atomic mass is 16.7. The molecule has 2 aromatic rings. The lowest BCUT2D eigenvalue weighted by Crippen LogP contribution is -2.48. The molecule has 0 amide bonds. The van der Waals surface area contributed by atoms with E-state index in [1.807, 2.05) is 0 Å². The fraction of sp³-hybridized carbons (Fsp3) is 0.370. The van der Waals surface area contributed by atoms with Crippen molar-refractivity contribution in [2.24, 2.45) is 0 Å². The Hall–Kier alpha value is -3.77. The van der Waals surface area contributed by atoms with Crippen molar-refractivity contribution < 1.29 is 54.1 Å². The van der Waals surface area contributed by atoms with Crippen LogP contribution in [0.3, 0.4) is 0 Å². The Morgan fingerprint density at radius 3 is 2.47 bits per heavy atom. The molecule has 1 heterocycles. The van der Waals surface area contributed by atoms with Crippen molar-refractivity contribution in [3.8, 4) is 17.2 Å². The molecular weight excluding hydrogens is 500 g/mol. The van der Waals surface area contributed by atoms with E-state index >= 15 is 0 Å². The van der Waals surface area contributed by atoms with Crippen LogP contribution in [0.15, 0.2) is 30.0 Å². The third-order valence-electron chi connectivity index (χ3n) is 7.35. The molecule has 2 aromatic carbocycles. The molecule has 0 bridgehead atoms. The largest absolute Gasteiger partial charge is 0.510 e. The molecule has 11 heteroatoms. The average Bonchev–Trinajstić information content (AvgIpc) is 2.90.